The Hall–Kier alpha value is -5.60. The Kier molecular flexibility index (Phi) is 14.5. The second-order valence-electron chi connectivity index (χ2n) is 19.9. The number of esters is 1. The molecule has 1 aliphatic carbocycles. The van der Waals surface area contributed by atoms with Crippen LogP contribution in [0.1, 0.15) is 146 Å². The van der Waals surface area contributed by atoms with Crippen LogP contribution in [0.2, 0.25) is 0 Å². The number of hydrogen-bond acceptors (Lipinski definition) is 11. The second kappa shape index (κ2) is 20.3. The molecule has 2 unspecified atom stereocenters. The van der Waals surface area contributed by atoms with Gasteiger partial charge in [0.25, 0.3) is 5.91 Å². The van der Waals surface area contributed by atoms with Crippen LogP contribution in [0, 0.1) is 5.92 Å². The molecule has 1 aromatic heterocycles. The highest BCUT2D eigenvalue weighted by Gasteiger charge is 2.49. The lowest BCUT2D eigenvalue weighted by molar-refractivity contribution is -0.249. The Morgan fingerprint density at radius 2 is 1.57 bits per heavy atom. The molecule has 2 saturated heterocycles. The number of aliphatic imine (C=N–C) groups is 1. The van der Waals surface area contributed by atoms with E-state index in [1.54, 1.807) is 0 Å². The lowest BCUT2D eigenvalue weighted by Crippen LogP contribution is -2.59. The first-order valence-electron chi connectivity index (χ1n) is 24.7. The Morgan fingerprint density at radius 1 is 0.881 bits per heavy atom. The van der Waals surface area contributed by atoms with Crippen LogP contribution >= 0.6 is 0 Å². The summed E-state index contributed by atoms with van der Waals surface area (Å²) in [5, 5.41) is 21.1. The highest BCUT2D eigenvalue weighted by Crippen LogP contribution is 2.53. The average molecular weight is 915 g/mol. The number of benzene rings is 2. The average Bonchev–Trinajstić information content (AvgIpc) is 3.80. The smallest absolute Gasteiger partial charge is 0.323 e. The van der Waals surface area contributed by atoms with E-state index in [0.717, 1.165) is 99.1 Å². The van der Waals surface area contributed by atoms with E-state index in [0.29, 0.717) is 67.4 Å². The number of unbranched alkanes of at least 4 members (excludes halogenated alkanes) is 5. The minimum absolute atomic E-state index is 0.133. The number of carbonyl (C=O) groups is 3. The van der Waals surface area contributed by atoms with E-state index in [2.05, 4.69) is 74.0 Å². The molecule has 2 atom stereocenters. The molecule has 8 rings (SSSR count). The van der Waals surface area contributed by atoms with Crippen molar-refractivity contribution in [3.8, 4) is 5.75 Å². The van der Waals surface area contributed by atoms with Gasteiger partial charge in [-0.1, -0.05) is 49.1 Å². The lowest BCUT2D eigenvalue weighted by atomic mass is 9.76. The number of amides is 2. The third-order valence-electron chi connectivity index (χ3n) is 14.4. The summed E-state index contributed by atoms with van der Waals surface area (Å²) in [6.07, 6.45) is 16.4. The maximum atomic E-state index is 14.5. The quantitative estimate of drug-likeness (QED) is 0.0840. The van der Waals surface area contributed by atoms with Crippen LogP contribution in [0.4, 0.5) is 5.69 Å². The summed E-state index contributed by atoms with van der Waals surface area (Å²) in [6.45, 7) is 18.5. The highest BCUT2D eigenvalue weighted by atomic mass is 16.6. The van der Waals surface area contributed by atoms with Gasteiger partial charge in [0.05, 0.1) is 17.4 Å². The van der Waals surface area contributed by atoms with Gasteiger partial charge >= 0.3 is 5.97 Å². The summed E-state index contributed by atoms with van der Waals surface area (Å²) >= 11 is 0. The standard InChI is InChI=1S/C53H70N8O6/c1-8-54-36-23-25-42-44(31-36)66-49-43-26-24-38(57(9-2)10-3)32-45(43)67-51(64)48(49)47(42)40-20-17-18-21-41(40)50(63)59-29-27-58(28-30-59)46(62)22-16-14-12-11-13-15-19-37-35-60(56-55-37)39-33-52(4,5)61(65)53(6,7)34-39/h17-18,20-21,23-26,31-32,35,39,48-49,65H,8-16,19,22,27-30,33-34H2,1-7H3. The summed E-state index contributed by atoms with van der Waals surface area (Å²) in [4.78, 5) is 52.7. The predicted molar refractivity (Wildman–Crippen MR) is 260 cm³/mol. The van der Waals surface area contributed by atoms with Gasteiger partial charge in [-0.2, -0.15) is 5.06 Å². The molecule has 5 aliphatic rings. The second-order valence-corrected chi connectivity index (χ2v) is 19.9. The lowest BCUT2D eigenvalue weighted by Gasteiger charge is -2.51. The third-order valence-corrected chi connectivity index (χ3v) is 14.4. The van der Waals surface area contributed by atoms with Crippen LogP contribution in [-0.2, 0) is 20.7 Å². The van der Waals surface area contributed by atoms with Gasteiger partial charge in [0.15, 0.2) is 0 Å². The number of hydroxylamine groups is 2. The van der Waals surface area contributed by atoms with Crippen LogP contribution < -0.4 is 9.64 Å². The molecule has 3 aromatic rings. The number of anilines is 1. The van der Waals surface area contributed by atoms with E-state index >= 15 is 0 Å². The number of ether oxygens (including phenoxy) is 2. The molecule has 2 amide bonds. The maximum absolute atomic E-state index is 14.5. The monoisotopic (exact) mass is 915 g/mol. The number of aromatic nitrogens is 3. The highest BCUT2D eigenvalue weighted by molar-refractivity contribution is 6.09. The molecule has 1 N–H and O–H groups in total. The molecular weight excluding hydrogens is 845 g/mol. The van der Waals surface area contributed by atoms with E-state index in [1.165, 1.54) is 5.06 Å². The van der Waals surface area contributed by atoms with Gasteiger partial charge in [-0.25, -0.2) is 4.68 Å². The zero-order chi connectivity index (χ0) is 47.5. The van der Waals surface area contributed by atoms with Gasteiger partial charge in [-0.3, -0.25) is 19.4 Å². The molecule has 5 heterocycles. The predicted octanol–water partition coefficient (Wildman–Crippen LogP) is 8.94. The Balaban J connectivity index is 0.844. The summed E-state index contributed by atoms with van der Waals surface area (Å²) in [5.41, 5.74) is 5.48. The molecule has 14 heteroatoms. The summed E-state index contributed by atoms with van der Waals surface area (Å²) < 4.78 is 14.9. The Morgan fingerprint density at radius 3 is 2.28 bits per heavy atom. The van der Waals surface area contributed by atoms with E-state index in [9.17, 15) is 19.6 Å². The Labute approximate surface area is 396 Å². The fourth-order valence-corrected chi connectivity index (χ4v) is 10.9. The van der Waals surface area contributed by atoms with Crippen LogP contribution in [-0.4, -0.2) is 115 Å². The number of piperazine rings is 1. The van der Waals surface area contributed by atoms with Crippen LogP contribution in [0.5, 0.6) is 5.75 Å². The van der Waals surface area contributed by atoms with Gasteiger partial charge in [0, 0.05) is 104 Å². The van der Waals surface area contributed by atoms with Gasteiger partial charge in [0.2, 0.25) is 5.91 Å². The van der Waals surface area contributed by atoms with Crippen molar-refractivity contribution in [2.75, 3.05) is 50.7 Å². The van der Waals surface area contributed by atoms with E-state index < -0.39 is 18.0 Å². The van der Waals surface area contributed by atoms with Gasteiger partial charge in [0.1, 0.15) is 23.5 Å². The number of rotatable bonds is 16. The molecule has 14 nitrogen and oxygen atoms in total. The normalized spacial score (nSPS) is 21.9. The SMILES string of the molecule is CCN=C1C=CC2=C(c3ccccc3C(=O)N3CCN(C(=O)CCCCCCCCc4cn(C5CC(C)(C)N(O)C(C)(C)C5)nn4)CC3)C3C(=O)Oc4cc(N(CC)CC)ccc4C3OC2=C1. The van der Waals surface area contributed by atoms with Crippen molar-refractivity contribution in [2.45, 2.75) is 136 Å². The first kappa shape index (κ1) is 47.9. The molecule has 0 radical (unpaired) electrons. The van der Waals surface area contributed by atoms with Gasteiger partial charge < -0.3 is 29.4 Å². The minimum Gasteiger partial charge on any atom is -0.484 e. The molecule has 0 saturated carbocycles. The molecule has 0 bridgehead atoms. The minimum atomic E-state index is -0.811. The van der Waals surface area contributed by atoms with E-state index in [1.807, 2.05) is 76.0 Å². The number of carbonyl (C=O) groups excluding carboxylic acids is 3. The first-order chi connectivity index (χ1) is 32.2. The van der Waals surface area contributed by atoms with E-state index in [-0.39, 0.29) is 28.9 Å². The van der Waals surface area contributed by atoms with Crippen molar-refractivity contribution in [2.24, 2.45) is 10.9 Å². The van der Waals surface area contributed by atoms with Crippen molar-refractivity contribution in [1.82, 2.24) is 29.9 Å². The fourth-order valence-electron chi connectivity index (χ4n) is 10.9. The third kappa shape index (κ3) is 10.2. The number of piperidine rings is 1. The molecule has 0 spiro atoms. The van der Waals surface area contributed by atoms with Crippen molar-refractivity contribution < 1.29 is 29.1 Å². The van der Waals surface area contributed by atoms with Gasteiger partial charge in [-0.05, 0) is 122 Å². The molecule has 2 aromatic carbocycles. The Bertz CT molecular complexity index is 2420. The van der Waals surface area contributed by atoms with Crippen LogP contribution in [0.15, 0.2) is 83.2 Å². The largest absolute Gasteiger partial charge is 0.484 e. The first-order valence-corrected chi connectivity index (χ1v) is 24.7. The number of nitrogens with zero attached hydrogens (tertiary/aromatic N) is 8. The molecule has 67 heavy (non-hydrogen) atoms. The van der Waals surface area contributed by atoms with Gasteiger partial charge in [-0.15, -0.1) is 5.10 Å². The topological polar surface area (TPSA) is 146 Å². The van der Waals surface area contributed by atoms with Crippen molar-refractivity contribution in [1.29, 1.82) is 0 Å². The number of aryl methyl sites for hydroxylation is 1. The zero-order valence-corrected chi connectivity index (χ0v) is 40.7. The molecular formula is C53H70N8O6. The fraction of sp³-hybridized carbons (Fsp3) is 0.547. The van der Waals surface area contributed by atoms with Crippen molar-refractivity contribution in [3.05, 3.63) is 101 Å². The number of allylic oxidation sites excluding steroid dienone is 3. The number of fused-ring (bicyclic) bond motifs is 4. The molecule has 2 fully saturated rings. The number of hydrogen-bond donors (Lipinski definition) is 1. The van der Waals surface area contributed by atoms with Crippen LogP contribution in [0.25, 0.3) is 5.57 Å². The summed E-state index contributed by atoms with van der Waals surface area (Å²) in [7, 11) is 0. The van der Waals surface area contributed by atoms with Crippen molar-refractivity contribution >= 4 is 34.8 Å². The molecule has 358 valence electrons. The maximum Gasteiger partial charge on any atom is 0.323 e. The summed E-state index contributed by atoms with van der Waals surface area (Å²) in [5.74, 6) is -0.131. The zero-order valence-electron chi connectivity index (χ0n) is 40.7. The molecule has 4 aliphatic heterocycles. The van der Waals surface area contributed by atoms with Crippen molar-refractivity contribution in [3.63, 3.8) is 0 Å². The van der Waals surface area contributed by atoms with Crippen LogP contribution in [0.3, 0.4) is 0 Å². The van der Waals surface area contributed by atoms with E-state index in [4.69, 9.17) is 9.47 Å². The summed E-state index contributed by atoms with van der Waals surface area (Å²) in [6, 6.07) is 13.7.